The van der Waals surface area contributed by atoms with Crippen LogP contribution in [0.1, 0.15) is 29.7 Å². The zero-order valence-corrected chi connectivity index (χ0v) is 14.9. The summed E-state index contributed by atoms with van der Waals surface area (Å²) in [6, 6.07) is 3.64. The number of nitrogens with zero attached hydrogens (tertiary/aromatic N) is 2. The number of ether oxygens (including phenoxy) is 1. The fraction of sp³-hybridized carbons (Fsp3) is 0.368. The number of methoxy groups -OCH3 is 1. The van der Waals surface area contributed by atoms with Crippen molar-refractivity contribution in [2.75, 3.05) is 13.7 Å². The molecule has 0 unspecified atom stereocenters. The van der Waals surface area contributed by atoms with Crippen molar-refractivity contribution in [3.8, 4) is 11.3 Å². The third kappa shape index (κ3) is 3.23. The van der Waals surface area contributed by atoms with Crippen LogP contribution in [0.3, 0.4) is 0 Å². The SMILES string of the molecule is COCCn1cc(-c2oc3c([C@@H](C)O)cc(C)cc3c(=O)c2C)cn1. The van der Waals surface area contributed by atoms with Gasteiger partial charge in [-0.3, -0.25) is 9.48 Å². The third-order valence-electron chi connectivity index (χ3n) is 4.26. The lowest BCUT2D eigenvalue weighted by Crippen LogP contribution is -2.09. The Morgan fingerprint density at radius 3 is 2.80 bits per heavy atom. The van der Waals surface area contributed by atoms with Gasteiger partial charge in [0.15, 0.2) is 5.43 Å². The summed E-state index contributed by atoms with van der Waals surface area (Å²) in [6.07, 6.45) is 2.76. The second-order valence-electron chi connectivity index (χ2n) is 6.28. The fourth-order valence-electron chi connectivity index (χ4n) is 2.94. The summed E-state index contributed by atoms with van der Waals surface area (Å²) in [5.41, 5.74) is 3.11. The Hall–Kier alpha value is -2.44. The molecule has 0 fully saturated rings. The third-order valence-corrected chi connectivity index (χ3v) is 4.26. The lowest BCUT2D eigenvalue weighted by molar-refractivity contribution is 0.183. The van der Waals surface area contributed by atoms with E-state index in [4.69, 9.17) is 9.15 Å². The number of aliphatic hydroxyl groups is 1. The maximum atomic E-state index is 12.8. The molecule has 6 nitrogen and oxygen atoms in total. The molecule has 0 saturated carbocycles. The Balaban J connectivity index is 2.21. The number of aromatic nitrogens is 2. The van der Waals surface area contributed by atoms with Crippen molar-refractivity contribution < 1.29 is 14.3 Å². The fourth-order valence-corrected chi connectivity index (χ4v) is 2.94. The molecule has 0 aliphatic rings. The Labute approximate surface area is 145 Å². The molecule has 0 aliphatic carbocycles. The van der Waals surface area contributed by atoms with Gasteiger partial charge < -0.3 is 14.3 Å². The average molecular weight is 342 g/mol. The number of rotatable bonds is 5. The minimum atomic E-state index is -0.731. The topological polar surface area (TPSA) is 77.5 Å². The van der Waals surface area contributed by atoms with Crippen molar-refractivity contribution >= 4 is 11.0 Å². The zero-order chi connectivity index (χ0) is 18.1. The van der Waals surface area contributed by atoms with Gasteiger partial charge in [-0.15, -0.1) is 0 Å². The van der Waals surface area contributed by atoms with Gasteiger partial charge >= 0.3 is 0 Å². The van der Waals surface area contributed by atoms with Gasteiger partial charge in [0.25, 0.3) is 0 Å². The van der Waals surface area contributed by atoms with Gasteiger partial charge in [-0.1, -0.05) is 0 Å². The molecule has 1 aromatic carbocycles. The number of hydrogen-bond acceptors (Lipinski definition) is 5. The lowest BCUT2D eigenvalue weighted by Gasteiger charge is -2.12. The van der Waals surface area contributed by atoms with Crippen LogP contribution in [0, 0.1) is 13.8 Å². The van der Waals surface area contributed by atoms with E-state index in [0.717, 1.165) is 11.1 Å². The molecule has 2 aromatic heterocycles. The number of aliphatic hydroxyl groups excluding tert-OH is 1. The highest BCUT2D eigenvalue weighted by Gasteiger charge is 2.18. The van der Waals surface area contributed by atoms with Crippen LogP contribution in [0.2, 0.25) is 0 Å². The molecule has 0 radical (unpaired) electrons. The first-order chi connectivity index (χ1) is 11.9. The first-order valence-electron chi connectivity index (χ1n) is 8.20. The number of fused-ring (bicyclic) bond motifs is 1. The highest BCUT2D eigenvalue weighted by molar-refractivity contribution is 5.84. The summed E-state index contributed by atoms with van der Waals surface area (Å²) < 4.78 is 12.9. The van der Waals surface area contributed by atoms with Crippen molar-refractivity contribution in [2.24, 2.45) is 0 Å². The molecular weight excluding hydrogens is 320 g/mol. The predicted molar refractivity (Wildman–Crippen MR) is 95.7 cm³/mol. The van der Waals surface area contributed by atoms with E-state index in [1.54, 1.807) is 37.9 Å². The van der Waals surface area contributed by atoms with Crippen LogP contribution < -0.4 is 5.43 Å². The molecule has 6 heteroatoms. The van der Waals surface area contributed by atoms with Crippen molar-refractivity contribution in [3.05, 3.63) is 51.4 Å². The van der Waals surface area contributed by atoms with E-state index < -0.39 is 6.10 Å². The molecule has 1 N–H and O–H groups in total. The highest BCUT2D eigenvalue weighted by atomic mass is 16.5. The smallest absolute Gasteiger partial charge is 0.196 e. The first-order valence-corrected chi connectivity index (χ1v) is 8.20. The quantitative estimate of drug-likeness (QED) is 0.771. The molecule has 0 saturated heterocycles. The minimum Gasteiger partial charge on any atom is -0.455 e. The zero-order valence-electron chi connectivity index (χ0n) is 14.9. The van der Waals surface area contributed by atoms with E-state index >= 15 is 0 Å². The summed E-state index contributed by atoms with van der Waals surface area (Å²) in [6.45, 7) is 6.47. The van der Waals surface area contributed by atoms with Crippen molar-refractivity contribution in [3.63, 3.8) is 0 Å². The van der Waals surface area contributed by atoms with E-state index in [1.807, 2.05) is 19.2 Å². The number of aryl methyl sites for hydroxylation is 1. The van der Waals surface area contributed by atoms with Crippen LogP contribution in [0.15, 0.2) is 33.7 Å². The van der Waals surface area contributed by atoms with Crippen LogP contribution in [-0.4, -0.2) is 28.6 Å². The molecule has 1 atom stereocenters. The van der Waals surface area contributed by atoms with Crippen molar-refractivity contribution in [1.29, 1.82) is 0 Å². The molecule has 3 aromatic rings. The normalized spacial score (nSPS) is 12.7. The molecule has 0 amide bonds. The van der Waals surface area contributed by atoms with Gasteiger partial charge in [0.1, 0.15) is 11.3 Å². The molecule has 0 bridgehead atoms. The van der Waals surface area contributed by atoms with Gasteiger partial charge in [-0.2, -0.15) is 5.10 Å². The van der Waals surface area contributed by atoms with Gasteiger partial charge in [0.05, 0.1) is 36.4 Å². The summed E-state index contributed by atoms with van der Waals surface area (Å²) in [5.74, 6) is 0.479. The number of hydrogen-bond donors (Lipinski definition) is 1. The maximum absolute atomic E-state index is 12.8. The van der Waals surface area contributed by atoms with Gasteiger partial charge in [0, 0.05) is 24.4 Å². The summed E-state index contributed by atoms with van der Waals surface area (Å²) >= 11 is 0. The Morgan fingerprint density at radius 2 is 2.12 bits per heavy atom. The molecule has 0 spiro atoms. The average Bonchev–Trinajstić information content (AvgIpc) is 3.04. The van der Waals surface area contributed by atoms with Crippen LogP contribution in [0.25, 0.3) is 22.3 Å². The molecule has 3 rings (SSSR count). The van der Waals surface area contributed by atoms with E-state index in [9.17, 15) is 9.90 Å². The number of benzene rings is 1. The summed E-state index contributed by atoms with van der Waals surface area (Å²) in [7, 11) is 1.64. The van der Waals surface area contributed by atoms with Crippen LogP contribution in [0.5, 0.6) is 0 Å². The highest BCUT2D eigenvalue weighted by Crippen LogP contribution is 2.30. The van der Waals surface area contributed by atoms with E-state index in [-0.39, 0.29) is 5.43 Å². The first kappa shape index (κ1) is 17.4. The second-order valence-corrected chi connectivity index (χ2v) is 6.28. The predicted octanol–water partition coefficient (Wildman–Crippen LogP) is 2.97. The van der Waals surface area contributed by atoms with E-state index in [0.29, 0.717) is 41.0 Å². The van der Waals surface area contributed by atoms with Crippen LogP contribution >= 0.6 is 0 Å². The monoisotopic (exact) mass is 342 g/mol. The summed E-state index contributed by atoms with van der Waals surface area (Å²) in [5, 5.41) is 14.8. The van der Waals surface area contributed by atoms with Crippen LogP contribution in [-0.2, 0) is 11.3 Å². The Bertz CT molecular complexity index is 969. The Kier molecular flexibility index (Phi) is 4.74. The largest absolute Gasteiger partial charge is 0.455 e. The lowest BCUT2D eigenvalue weighted by atomic mass is 10.0. The molecule has 132 valence electrons. The molecule has 2 heterocycles. The van der Waals surface area contributed by atoms with Crippen molar-refractivity contribution in [2.45, 2.75) is 33.4 Å². The van der Waals surface area contributed by atoms with E-state index in [2.05, 4.69) is 5.10 Å². The molecule has 25 heavy (non-hydrogen) atoms. The minimum absolute atomic E-state index is 0.0912. The maximum Gasteiger partial charge on any atom is 0.196 e. The molecule has 0 aliphatic heterocycles. The summed E-state index contributed by atoms with van der Waals surface area (Å²) in [4.78, 5) is 12.8. The van der Waals surface area contributed by atoms with E-state index in [1.165, 1.54) is 0 Å². The van der Waals surface area contributed by atoms with Gasteiger partial charge in [-0.05, 0) is 38.5 Å². The Morgan fingerprint density at radius 1 is 1.36 bits per heavy atom. The van der Waals surface area contributed by atoms with Gasteiger partial charge in [-0.25, -0.2) is 0 Å². The second kappa shape index (κ2) is 6.82. The van der Waals surface area contributed by atoms with Crippen LogP contribution in [0.4, 0.5) is 0 Å². The molecular formula is C19H22N2O4. The van der Waals surface area contributed by atoms with Gasteiger partial charge in [0.2, 0.25) is 0 Å². The van der Waals surface area contributed by atoms with Crippen molar-refractivity contribution in [1.82, 2.24) is 9.78 Å². The standard InChI is InChI=1S/C19H22N2O4/c1-11-7-15(13(3)22)19-16(8-11)17(23)12(2)18(25-19)14-9-20-21(10-14)5-6-24-4/h7-10,13,22H,5-6H2,1-4H3/t13-/m1/s1.